The molecule has 1 aromatic rings. The fourth-order valence-corrected chi connectivity index (χ4v) is 3.89. The highest BCUT2D eigenvalue weighted by molar-refractivity contribution is 7.89. The van der Waals surface area contributed by atoms with Gasteiger partial charge in [-0.1, -0.05) is 6.92 Å². The van der Waals surface area contributed by atoms with Crippen molar-refractivity contribution in [2.75, 3.05) is 6.54 Å². The van der Waals surface area contributed by atoms with Gasteiger partial charge in [0.15, 0.2) is 0 Å². The Hall–Kier alpha value is -1.41. The molecule has 0 saturated carbocycles. The molecule has 0 amide bonds. The molecule has 1 aliphatic heterocycles. The van der Waals surface area contributed by atoms with Gasteiger partial charge in [0.25, 0.3) is 0 Å². The van der Waals surface area contributed by atoms with Crippen molar-refractivity contribution in [2.45, 2.75) is 30.7 Å². The summed E-state index contributed by atoms with van der Waals surface area (Å²) in [5.41, 5.74) is 0. The number of hydrogen-bond acceptors (Lipinski definition) is 4. The van der Waals surface area contributed by atoms with Crippen molar-refractivity contribution < 1.29 is 18.3 Å². The third-order valence-corrected chi connectivity index (χ3v) is 5.25. The van der Waals surface area contributed by atoms with Crippen LogP contribution < -0.4 is 0 Å². The van der Waals surface area contributed by atoms with Gasteiger partial charge in [-0.25, -0.2) is 8.42 Å². The third kappa shape index (κ3) is 2.64. The van der Waals surface area contributed by atoms with Crippen molar-refractivity contribution in [3.05, 3.63) is 12.4 Å². The summed E-state index contributed by atoms with van der Waals surface area (Å²) in [6.07, 6.45) is 3.64. The monoisotopic (exact) mass is 287 g/mol. The second kappa shape index (κ2) is 4.93. The van der Waals surface area contributed by atoms with Crippen LogP contribution in [0.3, 0.4) is 0 Å². The maximum Gasteiger partial charge on any atom is 0.322 e. The van der Waals surface area contributed by atoms with Crippen LogP contribution in [0.5, 0.6) is 0 Å². The maximum atomic E-state index is 12.4. The van der Waals surface area contributed by atoms with E-state index >= 15 is 0 Å². The first-order valence-corrected chi connectivity index (χ1v) is 7.49. The second-order valence-electron chi connectivity index (χ2n) is 4.95. The third-order valence-electron chi connectivity index (χ3n) is 3.39. The zero-order valence-corrected chi connectivity index (χ0v) is 11.7. The van der Waals surface area contributed by atoms with Crippen LogP contribution in [0, 0.1) is 5.92 Å². The first-order chi connectivity index (χ1) is 8.82. The van der Waals surface area contributed by atoms with Crippen molar-refractivity contribution >= 4 is 16.0 Å². The van der Waals surface area contributed by atoms with Gasteiger partial charge in [-0.2, -0.15) is 9.40 Å². The highest BCUT2D eigenvalue weighted by atomic mass is 32.2. The van der Waals surface area contributed by atoms with Crippen LogP contribution in [0.1, 0.15) is 19.8 Å². The first-order valence-electron chi connectivity index (χ1n) is 6.05. The molecule has 106 valence electrons. The Labute approximate surface area is 111 Å². The van der Waals surface area contributed by atoms with Crippen molar-refractivity contribution in [3.8, 4) is 0 Å². The molecule has 2 unspecified atom stereocenters. The summed E-state index contributed by atoms with van der Waals surface area (Å²) in [7, 11) is -2.17. The fraction of sp³-hybridized carbons (Fsp3) is 0.636. The van der Waals surface area contributed by atoms with E-state index in [0.717, 1.165) is 4.31 Å². The van der Waals surface area contributed by atoms with E-state index in [0.29, 0.717) is 12.8 Å². The van der Waals surface area contributed by atoms with E-state index in [2.05, 4.69) is 5.10 Å². The van der Waals surface area contributed by atoms with Gasteiger partial charge in [-0.05, 0) is 18.8 Å². The average molecular weight is 287 g/mol. The number of carboxylic acid groups (broad SMARTS) is 1. The zero-order valence-electron chi connectivity index (χ0n) is 10.9. The van der Waals surface area contributed by atoms with Gasteiger partial charge in [0, 0.05) is 19.8 Å². The Morgan fingerprint density at radius 3 is 2.74 bits per heavy atom. The predicted octanol–water partition coefficient (Wildman–Crippen LogP) is 0.294. The van der Waals surface area contributed by atoms with Gasteiger partial charge in [0.1, 0.15) is 10.9 Å². The quantitative estimate of drug-likeness (QED) is 0.862. The lowest BCUT2D eigenvalue weighted by Gasteiger charge is -2.34. The molecule has 7 nitrogen and oxygen atoms in total. The SMILES string of the molecule is CC1CCN(S(=O)(=O)c2cnn(C)c2)C(C(=O)O)C1. The number of carbonyl (C=O) groups is 1. The van der Waals surface area contributed by atoms with Crippen molar-refractivity contribution in [1.29, 1.82) is 0 Å². The number of aliphatic carboxylic acids is 1. The molecule has 0 radical (unpaired) electrons. The molecule has 2 rings (SSSR count). The number of hydrogen-bond donors (Lipinski definition) is 1. The molecule has 0 bridgehead atoms. The van der Waals surface area contributed by atoms with Gasteiger partial charge in [0.2, 0.25) is 10.0 Å². The smallest absolute Gasteiger partial charge is 0.322 e. The minimum Gasteiger partial charge on any atom is -0.480 e. The van der Waals surface area contributed by atoms with Gasteiger partial charge in [-0.3, -0.25) is 9.48 Å². The van der Waals surface area contributed by atoms with Crippen molar-refractivity contribution in [3.63, 3.8) is 0 Å². The predicted molar refractivity (Wildman–Crippen MR) is 66.9 cm³/mol. The number of rotatable bonds is 3. The highest BCUT2D eigenvalue weighted by Crippen LogP contribution is 2.28. The Kier molecular flexibility index (Phi) is 3.64. The molecule has 1 aromatic heterocycles. The molecule has 0 spiro atoms. The van der Waals surface area contributed by atoms with Crippen LogP contribution in [0.4, 0.5) is 0 Å². The molecule has 2 heterocycles. The van der Waals surface area contributed by atoms with E-state index in [1.165, 1.54) is 17.1 Å². The van der Waals surface area contributed by atoms with E-state index in [4.69, 9.17) is 0 Å². The Balaban J connectivity index is 2.35. The van der Waals surface area contributed by atoms with Crippen LogP contribution in [0.15, 0.2) is 17.3 Å². The summed E-state index contributed by atoms with van der Waals surface area (Å²) in [6, 6.07) is -0.992. The minimum atomic E-state index is -3.79. The minimum absolute atomic E-state index is 0.0378. The first kappa shape index (κ1) is 14.0. The van der Waals surface area contributed by atoms with Crippen LogP contribution in [-0.4, -0.2) is 46.2 Å². The molecule has 19 heavy (non-hydrogen) atoms. The van der Waals surface area contributed by atoms with E-state index in [-0.39, 0.29) is 17.4 Å². The lowest BCUT2D eigenvalue weighted by atomic mass is 9.94. The maximum absolute atomic E-state index is 12.4. The standard InChI is InChI=1S/C11H17N3O4S/c1-8-3-4-14(10(5-8)11(15)16)19(17,18)9-6-12-13(2)7-9/h6-8,10H,3-5H2,1-2H3,(H,15,16). The van der Waals surface area contributed by atoms with Crippen LogP contribution in [0.25, 0.3) is 0 Å². The molecule has 1 saturated heterocycles. The molecule has 0 aliphatic carbocycles. The number of aromatic nitrogens is 2. The van der Waals surface area contributed by atoms with Crippen molar-refractivity contribution in [2.24, 2.45) is 13.0 Å². The van der Waals surface area contributed by atoms with Gasteiger partial charge in [0.05, 0.1) is 6.20 Å². The Morgan fingerprint density at radius 2 is 2.21 bits per heavy atom. The van der Waals surface area contributed by atoms with E-state index in [1.54, 1.807) is 7.05 Å². The average Bonchev–Trinajstić information content (AvgIpc) is 2.76. The van der Waals surface area contributed by atoms with E-state index < -0.39 is 22.0 Å². The molecule has 1 N–H and O–H groups in total. The number of piperidine rings is 1. The Bertz CT molecular complexity index is 581. The fourth-order valence-electron chi connectivity index (χ4n) is 2.30. The number of aryl methyl sites for hydroxylation is 1. The summed E-state index contributed by atoms with van der Waals surface area (Å²) >= 11 is 0. The molecule has 1 fully saturated rings. The van der Waals surface area contributed by atoms with E-state index in [1.807, 2.05) is 6.92 Å². The van der Waals surface area contributed by atoms with Gasteiger partial charge < -0.3 is 5.11 Å². The molecular weight excluding hydrogens is 270 g/mol. The lowest BCUT2D eigenvalue weighted by molar-refractivity contribution is -0.143. The summed E-state index contributed by atoms with van der Waals surface area (Å²) in [4.78, 5) is 11.3. The van der Waals surface area contributed by atoms with E-state index in [9.17, 15) is 18.3 Å². The molecular formula is C11H17N3O4S. The largest absolute Gasteiger partial charge is 0.480 e. The van der Waals surface area contributed by atoms with Crippen LogP contribution in [0.2, 0.25) is 0 Å². The van der Waals surface area contributed by atoms with Crippen LogP contribution in [-0.2, 0) is 21.9 Å². The molecule has 1 aliphatic rings. The van der Waals surface area contributed by atoms with Crippen molar-refractivity contribution in [1.82, 2.24) is 14.1 Å². The summed E-state index contributed by atoms with van der Waals surface area (Å²) in [5, 5.41) is 13.0. The lowest BCUT2D eigenvalue weighted by Crippen LogP contribution is -2.49. The second-order valence-corrected chi connectivity index (χ2v) is 6.84. The van der Waals surface area contributed by atoms with Gasteiger partial charge in [-0.15, -0.1) is 0 Å². The zero-order chi connectivity index (χ0) is 14.2. The van der Waals surface area contributed by atoms with Gasteiger partial charge >= 0.3 is 5.97 Å². The summed E-state index contributed by atoms with van der Waals surface area (Å²) in [6.45, 7) is 2.17. The summed E-state index contributed by atoms with van der Waals surface area (Å²) < 4.78 is 27.3. The topological polar surface area (TPSA) is 92.5 Å². The van der Waals surface area contributed by atoms with Crippen LogP contribution >= 0.6 is 0 Å². The number of sulfonamides is 1. The molecule has 0 aromatic carbocycles. The Morgan fingerprint density at radius 1 is 1.53 bits per heavy atom. The normalized spacial score (nSPS) is 25.4. The number of carboxylic acids is 1. The summed E-state index contributed by atoms with van der Waals surface area (Å²) in [5.74, 6) is -0.888. The number of nitrogens with zero attached hydrogens (tertiary/aromatic N) is 3. The molecule has 2 atom stereocenters. The molecule has 8 heteroatoms. The highest BCUT2D eigenvalue weighted by Gasteiger charge is 2.40.